The molecule has 1 unspecified atom stereocenters. The third-order valence-electron chi connectivity index (χ3n) is 2.75. The summed E-state index contributed by atoms with van der Waals surface area (Å²) in [5.41, 5.74) is -0.464. The summed E-state index contributed by atoms with van der Waals surface area (Å²) >= 11 is 0. The van der Waals surface area contributed by atoms with Gasteiger partial charge in [-0.1, -0.05) is 0 Å². The molecule has 0 saturated heterocycles. The zero-order valence-corrected chi connectivity index (χ0v) is 10.0. The topological polar surface area (TPSA) is 29.5 Å². The van der Waals surface area contributed by atoms with E-state index >= 15 is 0 Å². The number of halogens is 3. The van der Waals surface area contributed by atoms with E-state index in [9.17, 15) is 18.3 Å². The van der Waals surface area contributed by atoms with Gasteiger partial charge in [-0.2, -0.15) is 0 Å². The molecule has 5 heteroatoms. The van der Waals surface area contributed by atoms with Crippen molar-refractivity contribution in [2.24, 2.45) is 0 Å². The summed E-state index contributed by atoms with van der Waals surface area (Å²) in [6, 6.07) is 6.41. The maximum atomic E-state index is 13.7. The quantitative estimate of drug-likeness (QED) is 0.926. The van der Waals surface area contributed by atoms with Crippen molar-refractivity contribution in [1.29, 1.82) is 0 Å². The first-order chi connectivity index (χ1) is 9.02. The van der Waals surface area contributed by atoms with Gasteiger partial charge < -0.3 is 9.84 Å². The van der Waals surface area contributed by atoms with Gasteiger partial charge in [-0.25, -0.2) is 13.2 Å². The van der Waals surface area contributed by atoms with E-state index in [0.717, 1.165) is 24.3 Å². The van der Waals surface area contributed by atoms with E-state index < -0.39 is 23.6 Å². The Bertz CT molecular complexity index is 599. The second-order valence-electron chi connectivity index (χ2n) is 3.96. The molecule has 0 amide bonds. The highest BCUT2D eigenvalue weighted by atomic mass is 19.1. The van der Waals surface area contributed by atoms with Gasteiger partial charge in [-0.05, 0) is 30.3 Å². The molecule has 0 bridgehead atoms. The van der Waals surface area contributed by atoms with Crippen LogP contribution in [0.3, 0.4) is 0 Å². The Morgan fingerprint density at radius 2 is 1.68 bits per heavy atom. The molecule has 2 aromatic rings. The van der Waals surface area contributed by atoms with Crippen LogP contribution in [0, 0.1) is 17.5 Å². The van der Waals surface area contributed by atoms with Crippen LogP contribution < -0.4 is 4.74 Å². The molecule has 2 rings (SSSR count). The predicted octanol–water partition coefficient (Wildman–Crippen LogP) is 3.19. The fourth-order valence-electron chi connectivity index (χ4n) is 1.75. The van der Waals surface area contributed by atoms with Crippen molar-refractivity contribution in [3.05, 3.63) is 65.0 Å². The molecule has 0 aliphatic rings. The van der Waals surface area contributed by atoms with Gasteiger partial charge in [-0.15, -0.1) is 0 Å². The Morgan fingerprint density at radius 3 is 2.32 bits per heavy atom. The standard InChI is InChI=1S/C14H11F3O2/c1-19-9-3-4-10(13(17)7-9)14(18)11-6-8(15)2-5-12(11)16/h2-7,14,18H,1H3. The molecule has 0 aromatic heterocycles. The average molecular weight is 268 g/mol. The predicted molar refractivity (Wildman–Crippen MR) is 63.4 cm³/mol. The Balaban J connectivity index is 2.43. The number of aliphatic hydroxyl groups is 1. The van der Waals surface area contributed by atoms with Crippen molar-refractivity contribution in [2.75, 3.05) is 7.11 Å². The van der Waals surface area contributed by atoms with Crippen molar-refractivity contribution in [1.82, 2.24) is 0 Å². The Morgan fingerprint density at radius 1 is 0.947 bits per heavy atom. The smallest absolute Gasteiger partial charge is 0.133 e. The fraction of sp³-hybridized carbons (Fsp3) is 0.143. The Kier molecular flexibility index (Phi) is 3.76. The van der Waals surface area contributed by atoms with E-state index in [1.807, 2.05) is 0 Å². The summed E-state index contributed by atoms with van der Waals surface area (Å²) in [6.45, 7) is 0. The lowest BCUT2D eigenvalue weighted by molar-refractivity contribution is 0.209. The molecular formula is C14H11F3O2. The number of rotatable bonds is 3. The number of aliphatic hydroxyl groups excluding tert-OH is 1. The van der Waals surface area contributed by atoms with Gasteiger partial charge >= 0.3 is 0 Å². The minimum Gasteiger partial charge on any atom is -0.497 e. The second kappa shape index (κ2) is 5.32. The minimum absolute atomic E-state index is 0.148. The van der Waals surface area contributed by atoms with Gasteiger partial charge in [0.1, 0.15) is 29.3 Å². The van der Waals surface area contributed by atoms with Gasteiger partial charge in [0.15, 0.2) is 0 Å². The first-order valence-electron chi connectivity index (χ1n) is 5.49. The third kappa shape index (κ3) is 2.71. The lowest BCUT2D eigenvalue weighted by atomic mass is 10.0. The van der Waals surface area contributed by atoms with Crippen LogP contribution in [-0.4, -0.2) is 12.2 Å². The molecular weight excluding hydrogens is 257 g/mol. The van der Waals surface area contributed by atoms with Gasteiger partial charge in [0.25, 0.3) is 0 Å². The molecule has 0 fully saturated rings. The van der Waals surface area contributed by atoms with Crippen molar-refractivity contribution < 1.29 is 23.0 Å². The first-order valence-corrected chi connectivity index (χ1v) is 5.49. The molecule has 0 saturated carbocycles. The second-order valence-corrected chi connectivity index (χ2v) is 3.96. The first kappa shape index (κ1) is 13.4. The molecule has 100 valence electrons. The van der Waals surface area contributed by atoms with Gasteiger partial charge in [0, 0.05) is 17.2 Å². The van der Waals surface area contributed by atoms with E-state index in [-0.39, 0.29) is 16.9 Å². The maximum Gasteiger partial charge on any atom is 0.133 e. The Hall–Kier alpha value is -2.01. The monoisotopic (exact) mass is 268 g/mol. The van der Waals surface area contributed by atoms with Crippen LogP contribution in [0.25, 0.3) is 0 Å². The summed E-state index contributed by atoms with van der Waals surface area (Å²) in [4.78, 5) is 0. The zero-order valence-electron chi connectivity index (χ0n) is 10.0. The van der Waals surface area contributed by atoms with Crippen LogP contribution in [0.1, 0.15) is 17.2 Å². The molecule has 0 aliphatic heterocycles. The highest BCUT2D eigenvalue weighted by Crippen LogP contribution is 2.28. The number of ether oxygens (including phenoxy) is 1. The fourth-order valence-corrected chi connectivity index (χ4v) is 1.75. The molecule has 19 heavy (non-hydrogen) atoms. The van der Waals surface area contributed by atoms with Crippen LogP contribution in [0.4, 0.5) is 13.2 Å². The van der Waals surface area contributed by atoms with E-state index in [0.29, 0.717) is 0 Å². The third-order valence-corrected chi connectivity index (χ3v) is 2.75. The molecule has 0 radical (unpaired) electrons. The highest BCUT2D eigenvalue weighted by Gasteiger charge is 2.19. The molecule has 0 aliphatic carbocycles. The molecule has 1 atom stereocenters. The molecule has 0 spiro atoms. The van der Waals surface area contributed by atoms with Crippen LogP contribution in [0.15, 0.2) is 36.4 Å². The Labute approximate surface area is 108 Å². The molecule has 2 nitrogen and oxygen atoms in total. The van der Waals surface area contributed by atoms with E-state index in [2.05, 4.69) is 0 Å². The molecule has 0 heterocycles. The lowest BCUT2D eigenvalue weighted by Gasteiger charge is -2.14. The van der Waals surface area contributed by atoms with E-state index in [1.165, 1.54) is 19.2 Å². The van der Waals surface area contributed by atoms with Crippen molar-refractivity contribution in [3.63, 3.8) is 0 Å². The molecule has 1 N–H and O–H groups in total. The van der Waals surface area contributed by atoms with E-state index in [1.54, 1.807) is 0 Å². The SMILES string of the molecule is COc1ccc(C(O)c2cc(F)ccc2F)c(F)c1. The van der Waals surface area contributed by atoms with Crippen LogP contribution >= 0.6 is 0 Å². The number of hydrogen-bond acceptors (Lipinski definition) is 2. The van der Waals surface area contributed by atoms with Crippen molar-refractivity contribution >= 4 is 0 Å². The van der Waals surface area contributed by atoms with Crippen molar-refractivity contribution in [3.8, 4) is 5.75 Å². The van der Waals surface area contributed by atoms with Crippen LogP contribution in [-0.2, 0) is 0 Å². The average Bonchev–Trinajstić information content (AvgIpc) is 2.40. The summed E-state index contributed by atoms with van der Waals surface area (Å²) < 4.78 is 45.1. The number of methoxy groups -OCH3 is 1. The zero-order chi connectivity index (χ0) is 14.0. The summed E-state index contributed by atoms with van der Waals surface area (Å²) in [7, 11) is 1.37. The van der Waals surface area contributed by atoms with Crippen LogP contribution in [0.2, 0.25) is 0 Å². The van der Waals surface area contributed by atoms with Gasteiger partial charge in [-0.3, -0.25) is 0 Å². The lowest BCUT2D eigenvalue weighted by Crippen LogP contribution is -2.06. The van der Waals surface area contributed by atoms with Gasteiger partial charge in [0.2, 0.25) is 0 Å². The summed E-state index contributed by atoms with van der Waals surface area (Å²) in [5.74, 6) is -1.99. The highest BCUT2D eigenvalue weighted by molar-refractivity contribution is 5.36. The largest absolute Gasteiger partial charge is 0.497 e. The number of hydrogen-bond donors (Lipinski definition) is 1. The van der Waals surface area contributed by atoms with E-state index in [4.69, 9.17) is 4.74 Å². The number of benzene rings is 2. The van der Waals surface area contributed by atoms with Crippen LogP contribution in [0.5, 0.6) is 5.75 Å². The maximum absolute atomic E-state index is 13.7. The molecule has 2 aromatic carbocycles. The normalized spacial score (nSPS) is 12.3. The summed E-state index contributed by atoms with van der Waals surface area (Å²) in [5, 5.41) is 9.95. The minimum atomic E-state index is -1.58. The van der Waals surface area contributed by atoms with Crippen molar-refractivity contribution in [2.45, 2.75) is 6.10 Å². The van der Waals surface area contributed by atoms with Gasteiger partial charge in [0.05, 0.1) is 7.11 Å². The summed E-state index contributed by atoms with van der Waals surface area (Å²) in [6.07, 6.45) is -1.58.